The zero-order valence-electron chi connectivity index (χ0n) is 15.5. The van der Waals surface area contributed by atoms with Gasteiger partial charge >= 0.3 is 0 Å². The number of Topliss-reactive ketones (excluding diaryl/α,β-unsaturated/α-hetero) is 1. The largest absolute Gasteiger partial charge is 0.298 e. The van der Waals surface area contributed by atoms with E-state index in [1.807, 2.05) is 0 Å². The molecule has 5 nitrogen and oxygen atoms in total. The van der Waals surface area contributed by atoms with E-state index in [-0.39, 0.29) is 25.4 Å². The normalized spacial score (nSPS) is 28.3. The third-order valence-electron chi connectivity index (χ3n) is 7.04. The average molecular weight is 434 g/mol. The average Bonchev–Trinajstić information content (AvgIpc) is 3.38. The second kappa shape index (κ2) is 4.92. The fourth-order valence-corrected chi connectivity index (χ4v) is 9.53. The van der Waals surface area contributed by atoms with Crippen molar-refractivity contribution in [2.24, 2.45) is 0 Å². The molecule has 2 aromatic rings. The molecule has 2 heterocycles. The second-order valence-corrected chi connectivity index (χ2v) is 12.1. The van der Waals surface area contributed by atoms with Gasteiger partial charge in [-0.05, 0) is 70.2 Å². The first-order chi connectivity index (χ1) is 14.3. The highest BCUT2D eigenvalue weighted by Gasteiger charge is 2.52. The first-order valence-corrected chi connectivity index (χ1v) is 12.7. The van der Waals surface area contributed by atoms with E-state index in [9.17, 15) is 21.6 Å². The molecule has 0 saturated heterocycles. The van der Waals surface area contributed by atoms with Crippen LogP contribution < -0.4 is 0 Å². The van der Waals surface area contributed by atoms with Crippen molar-refractivity contribution in [3.8, 4) is 0 Å². The van der Waals surface area contributed by atoms with Crippen molar-refractivity contribution >= 4 is 36.2 Å². The van der Waals surface area contributed by atoms with Crippen LogP contribution in [0.1, 0.15) is 35.8 Å². The Kier molecular flexibility index (Phi) is 2.78. The second-order valence-electron chi connectivity index (χ2n) is 8.32. The third kappa shape index (κ3) is 1.63. The Hall–Kier alpha value is -2.77. The highest BCUT2D eigenvalue weighted by Crippen LogP contribution is 2.58. The summed E-state index contributed by atoms with van der Waals surface area (Å²) in [7, 11) is -7.50. The number of benzene rings is 2. The van der Waals surface area contributed by atoms with Gasteiger partial charge in [-0.3, -0.25) is 4.79 Å². The minimum Gasteiger partial charge on any atom is -0.298 e. The van der Waals surface area contributed by atoms with Gasteiger partial charge in [0, 0.05) is 0 Å². The van der Waals surface area contributed by atoms with Crippen LogP contribution in [0, 0.1) is 0 Å². The number of rotatable bonds is 0. The van der Waals surface area contributed by atoms with Crippen molar-refractivity contribution in [1.82, 2.24) is 0 Å². The molecule has 0 amide bonds. The van der Waals surface area contributed by atoms with Gasteiger partial charge in [-0.1, -0.05) is 24.3 Å². The SMILES string of the molecule is O=C1C2C3=C(C=CC3)S(=O)(=O)c3ccc4ccc5c(c4c32)C1C1=C(C=CC1)S5(=O)=O. The minimum atomic E-state index is -3.75. The number of sulfone groups is 2. The van der Waals surface area contributed by atoms with Crippen LogP contribution in [0.15, 0.2) is 79.3 Å². The smallest absolute Gasteiger partial charge is 0.206 e. The van der Waals surface area contributed by atoms with Crippen molar-refractivity contribution < 1.29 is 21.6 Å². The monoisotopic (exact) mass is 434 g/mol. The van der Waals surface area contributed by atoms with Crippen LogP contribution >= 0.6 is 0 Å². The third-order valence-corrected chi connectivity index (χ3v) is 10.9. The molecular formula is C23H14O5S2. The molecule has 2 atom stereocenters. The van der Waals surface area contributed by atoms with Gasteiger partial charge in [-0.2, -0.15) is 0 Å². The quantitative estimate of drug-likeness (QED) is 0.633. The molecular weight excluding hydrogens is 420 g/mol. The van der Waals surface area contributed by atoms with E-state index in [1.165, 1.54) is 0 Å². The van der Waals surface area contributed by atoms with Crippen molar-refractivity contribution in [3.63, 3.8) is 0 Å². The van der Waals surface area contributed by atoms with Crippen LogP contribution in [0.3, 0.4) is 0 Å². The molecule has 0 saturated carbocycles. The summed E-state index contributed by atoms with van der Waals surface area (Å²) in [5.41, 5.74) is 2.19. The summed E-state index contributed by atoms with van der Waals surface area (Å²) in [6, 6.07) is 6.58. The van der Waals surface area contributed by atoms with Gasteiger partial charge < -0.3 is 0 Å². The van der Waals surface area contributed by atoms with E-state index >= 15 is 0 Å². The molecule has 0 fully saturated rings. The Balaban J connectivity index is 1.73. The number of hydrogen-bond donors (Lipinski definition) is 0. The van der Waals surface area contributed by atoms with Gasteiger partial charge in [0.2, 0.25) is 19.7 Å². The van der Waals surface area contributed by atoms with Crippen LogP contribution in [0.2, 0.25) is 0 Å². The molecule has 30 heavy (non-hydrogen) atoms. The van der Waals surface area contributed by atoms with Gasteiger partial charge in [0.1, 0.15) is 0 Å². The lowest BCUT2D eigenvalue weighted by Crippen LogP contribution is -2.35. The Morgan fingerprint density at radius 2 is 1.17 bits per heavy atom. The number of hydrogen-bond acceptors (Lipinski definition) is 5. The molecule has 7 rings (SSSR count). The molecule has 0 bridgehead atoms. The van der Waals surface area contributed by atoms with Gasteiger partial charge in [-0.25, -0.2) is 16.8 Å². The first kappa shape index (κ1) is 17.0. The number of allylic oxidation sites excluding steroid dienone is 6. The molecule has 2 aliphatic heterocycles. The van der Waals surface area contributed by atoms with Crippen LogP contribution in [0.5, 0.6) is 0 Å². The maximum Gasteiger partial charge on any atom is 0.206 e. The van der Waals surface area contributed by atoms with E-state index in [0.717, 1.165) is 5.39 Å². The van der Waals surface area contributed by atoms with E-state index in [0.29, 0.717) is 40.5 Å². The summed E-state index contributed by atoms with van der Waals surface area (Å²) < 4.78 is 53.3. The molecule has 0 spiro atoms. The topological polar surface area (TPSA) is 85.3 Å². The number of carbonyl (C=O) groups is 1. The molecule has 0 aromatic heterocycles. The predicted molar refractivity (Wildman–Crippen MR) is 110 cm³/mol. The fraction of sp³-hybridized carbons (Fsp3) is 0.174. The lowest BCUT2D eigenvalue weighted by molar-refractivity contribution is -0.120. The number of fused-ring (bicyclic) bond motifs is 2. The minimum absolute atomic E-state index is 0.110. The summed E-state index contributed by atoms with van der Waals surface area (Å²) >= 11 is 0. The summed E-state index contributed by atoms with van der Waals surface area (Å²) in [5, 5.41) is 1.40. The standard InChI is InChI=1S/C23H14O5S2/c24-23-19-12-3-1-5-14(12)29(25,26)16-9-7-11-8-10-17-22(18(11)21(16)19)20(23)13-4-2-6-15(13)30(17,27)28/h1-2,5-10,19-20H,3-4H2. The molecule has 148 valence electrons. The van der Waals surface area contributed by atoms with Crippen LogP contribution in [0.25, 0.3) is 10.8 Å². The van der Waals surface area contributed by atoms with Crippen molar-refractivity contribution in [2.75, 3.05) is 0 Å². The lowest BCUT2D eigenvalue weighted by Gasteiger charge is -2.39. The van der Waals surface area contributed by atoms with E-state index in [4.69, 9.17) is 0 Å². The molecule has 0 N–H and O–H groups in total. The van der Waals surface area contributed by atoms with Crippen molar-refractivity contribution in [3.05, 3.63) is 80.7 Å². The van der Waals surface area contributed by atoms with E-state index in [1.54, 1.807) is 48.6 Å². The summed E-state index contributed by atoms with van der Waals surface area (Å²) in [6.07, 6.45) is 7.62. The summed E-state index contributed by atoms with van der Waals surface area (Å²) in [5.74, 6) is -1.42. The van der Waals surface area contributed by atoms with E-state index < -0.39 is 31.5 Å². The van der Waals surface area contributed by atoms with E-state index in [2.05, 4.69) is 0 Å². The van der Waals surface area contributed by atoms with Gasteiger partial charge in [0.05, 0.1) is 31.4 Å². The van der Waals surface area contributed by atoms with Crippen molar-refractivity contribution in [1.29, 1.82) is 0 Å². The number of carbonyl (C=O) groups excluding carboxylic acids is 1. The van der Waals surface area contributed by atoms with Gasteiger partial charge in [-0.15, -0.1) is 0 Å². The lowest BCUT2D eigenvalue weighted by atomic mass is 9.68. The highest BCUT2D eigenvalue weighted by molar-refractivity contribution is 7.96. The summed E-state index contributed by atoms with van der Waals surface area (Å²) in [4.78, 5) is 14.7. The molecule has 3 aliphatic carbocycles. The van der Waals surface area contributed by atoms with Crippen LogP contribution in [0.4, 0.5) is 0 Å². The summed E-state index contributed by atoms with van der Waals surface area (Å²) in [6.45, 7) is 0. The Morgan fingerprint density at radius 3 is 1.63 bits per heavy atom. The van der Waals surface area contributed by atoms with Crippen LogP contribution in [-0.4, -0.2) is 22.6 Å². The Bertz CT molecular complexity index is 1510. The molecule has 0 radical (unpaired) electrons. The van der Waals surface area contributed by atoms with Gasteiger partial charge in [0.25, 0.3) is 0 Å². The van der Waals surface area contributed by atoms with Crippen molar-refractivity contribution in [2.45, 2.75) is 34.5 Å². The maximum atomic E-state index is 14.0. The molecule has 7 heteroatoms. The Morgan fingerprint density at radius 1 is 0.700 bits per heavy atom. The molecule has 2 unspecified atom stereocenters. The van der Waals surface area contributed by atoms with Gasteiger partial charge in [0.15, 0.2) is 5.78 Å². The van der Waals surface area contributed by atoms with Crippen LogP contribution in [-0.2, 0) is 24.5 Å². The number of ketones is 1. The first-order valence-electron chi connectivity index (χ1n) is 9.76. The predicted octanol–water partition coefficient (Wildman–Crippen LogP) is 3.59. The fourth-order valence-electron chi connectivity index (χ4n) is 5.90. The zero-order chi connectivity index (χ0) is 20.6. The highest BCUT2D eigenvalue weighted by atomic mass is 32.2. The molecule has 5 aliphatic rings. The zero-order valence-corrected chi connectivity index (χ0v) is 17.2. The maximum absolute atomic E-state index is 14.0. The Labute approximate surface area is 172 Å². The molecule has 2 aromatic carbocycles.